The molecule has 1 saturated carbocycles. The number of benzene rings is 2. The summed E-state index contributed by atoms with van der Waals surface area (Å²) in [5, 5.41) is 8.82. The molecule has 0 amide bonds. The van der Waals surface area contributed by atoms with Crippen LogP contribution in [-0.2, 0) is 0 Å². The van der Waals surface area contributed by atoms with Crippen molar-refractivity contribution >= 4 is 17.5 Å². The van der Waals surface area contributed by atoms with E-state index in [0.717, 1.165) is 12.8 Å². The lowest BCUT2D eigenvalue weighted by molar-refractivity contribution is 0.0994. The smallest absolute Gasteiger partial charge is 0.192 e. The maximum Gasteiger partial charge on any atom is 0.192 e. The number of methoxy groups -OCH3 is 1. The number of thioether (sulfide) groups is 1. The summed E-state index contributed by atoms with van der Waals surface area (Å²) in [7, 11) is 1.59. The first-order valence-corrected chi connectivity index (χ1v) is 10.0. The molecule has 4 rings (SSSR count). The van der Waals surface area contributed by atoms with Gasteiger partial charge in [0.2, 0.25) is 0 Å². The molecule has 144 valence electrons. The molecule has 1 aromatic heterocycles. The zero-order valence-corrected chi connectivity index (χ0v) is 16.4. The minimum absolute atomic E-state index is 0.00504. The Morgan fingerprint density at radius 1 is 1.18 bits per heavy atom. The highest BCUT2D eigenvalue weighted by Crippen LogP contribution is 2.42. The van der Waals surface area contributed by atoms with Crippen molar-refractivity contribution in [1.82, 2.24) is 14.8 Å². The predicted octanol–water partition coefficient (Wildman–Crippen LogP) is 4.79. The summed E-state index contributed by atoms with van der Waals surface area (Å²) in [6, 6.07) is 13.9. The summed E-state index contributed by atoms with van der Waals surface area (Å²) in [6.07, 6.45) is 2.02. The van der Waals surface area contributed by atoms with Crippen LogP contribution >= 0.6 is 11.8 Å². The highest BCUT2D eigenvalue weighted by Gasteiger charge is 2.32. The highest BCUT2D eigenvalue weighted by atomic mass is 32.2. The van der Waals surface area contributed by atoms with Gasteiger partial charge in [-0.05, 0) is 56.2 Å². The molecular weight excluding hydrogens is 377 g/mol. The van der Waals surface area contributed by atoms with Crippen molar-refractivity contribution in [3.63, 3.8) is 0 Å². The van der Waals surface area contributed by atoms with Crippen LogP contribution in [-0.4, -0.2) is 32.9 Å². The number of nitrogens with zero attached hydrogens (tertiary/aromatic N) is 3. The van der Waals surface area contributed by atoms with E-state index in [0.29, 0.717) is 27.9 Å². The summed E-state index contributed by atoms with van der Waals surface area (Å²) in [6.45, 7) is 1.85. The maximum atomic E-state index is 14.3. The van der Waals surface area contributed by atoms with Crippen LogP contribution in [0.2, 0.25) is 0 Å². The van der Waals surface area contributed by atoms with Crippen molar-refractivity contribution in [1.29, 1.82) is 0 Å². The van der Waals surface area contributed by atoms with E-state index in [-0.39, 0.29) is 22.9 Å². The highest BCUT2D eigenvalue weighted by molar-refractivity contribution is 8.00. The molecule has 1 aliphatic rings. The fraction of sp³-hybridized carbons (Fsp3) is 0.286. The van der Waals surface area contributed by atoms with Crippen molar-refractivity contribution in [2.75, 3.05) is 7.11 Å². The summed E-state index contributed by atoms with van der Waals surface area (Å²) in [5.41, 5.74) is 1.05. The van der Waals surface area contributed by atoms with Gasteiger partial charge in [0.25, 0.3) is 0 Å². The summed E-state index contributed by atoms with van der Waals surface area (Å²) >= 11 is 1.36. The van der Waals surface area contributed by atoms with E-state index in [1.165, 1.54) is 17.8 Å². The quantitative estimate of drug-likeness (QED) is 0.424. The van der Waals surface area contributed by atoms with Crippen molar-refractivity contribution in [2.24, 2.45) is 0 Å². The Hall–Kier alpha value is -2.67. The van der Waals surface area contributed by atoms with Crippen LogP contribution in [0.5, 0.6) is 5.75 Å². The first-order valence-electron chi connectivity index (χ1n) is 9.13. The van der Waals surface area contributed by atoms with Crippen LogP contribution in [0.3, 0.4) is 0 Å². The Morgan fingerprint density at radius 2 is 1.89 bits per heavy atom. The van der Waals surface area contributed by atoms with E-state index in [1.54, 1.807) is 49.6 Å². The second kappa shape index (κ2) is 7.75. The number of aromatic nitrogens is 3. The summed E-state index contributed by atoms with van der Waals surface area (Å²) in [4.78, 5) is 12.8. The number of ether oxygens (including phenoxy) is 1. The van der Waals surface area contributed by atoms with Crippen LogP contribution in [0.4, 0.5) is 4.39 Å². The largest absolute Gasteiger partial charge is 0.497 e. The maximum absolute atomic E-state index is 14.3. The third-order valence-electron chi connectivity index (χ3n) is 4.72. The number of hydrogen-bond donors (Lipinski definition) is 0. The summed E-state index contributed by atoms with van der Waals surface area (Å²) < 4.78 is 21.4. The third kappa shape index (κ3) is 3.67. The Labute approximate surface area is 166 Å². The van der Waals surface area contributed by atoms with E-state index in [9.17, 15) is 9.18 Å². The molecule has 1 atom stereocenters. The molecule has 0 radical (unpaired) electrons. The molecule has 0 saturated heterocycles. The lowest BCUT2D eigenvalue weighted by Gasteiger charge is -2.13. The van der Waals surface area contributed by atoms with Crippen molar-refractivity contribution in [3.8, 4) is 17.1 Å². The van der Waals surface area contributed by atoms with Gasteiger partial charge in [-0.2, -0.15) is 0 Å². The summed E-state index contributed by atoms with van der Waals surface area (Å²) in [5.74, 6) is 0.910. The fourth-order valence-electron chi connectivity index (χ4n) is 3.05. The van der Waals surface area contributed by atoms with E-state index >= 15 is 0 Å². The molecule has 1 aliphatic carbocycles. The van der Waals surface area contributed by atoms with Crippen LogP contribution in [0.25, 0.3) is 11.4 Å². The molecule has 0 unspecified atom stereocenters. The molecule has 0 bridgehead atoms. The molecule has 0 N–H and O–H groups in total. The Bertz CT molecular complexity index is 999. The lowest BCUT2D eigenvalue weighted by atomic mass is 10.1. The molecule has 0 spiro atoms. The molecule has 1 heterocycles. The van der Waals surface area contributed by atoms with Crippen molar-refractivity contribution < 1.29 is 13.9 Å². The second-order valence-electron chi connectivity index (χ2n) is 6.74. The average molecular weight is 397 g/mol. The van der Waals surface area contributed by atoms with Gasteiger partial charge in [0.15, 0.2) is 16.8 Å². The molecule has 1 fully saturated rings. The van der Waals surface area contributed by atoms with Crippen molar-refractivity contribution in [2.45, 2.75) is 36.2 Å². The van der Waals surface area contributed by atoms with Crippen LogP contribution in [0, 0.1) is 5.82 Å². The Kier molecular flexibility index (Phi) is 5.17. The van der Waals surface area contributed by atoms with Gasteiger partial charge in [-0.3, -0.25) is 9.36 Å². The molecule has 2 aromatic carbocycles. The minimum atomic E-state index is -0.344. The number of carbonyl (C=O) groups excluding carboxylic acids is 1. The van der Waals surface area contributed by atoms with Crippen LogP contribution in [0.15, 0.2) is 53.7 Å². The molecule has 7 heteroatoms. The molecule has 0 aliphatic heterocycles. The molecule has 3 aromatic rings. The van der Waals surface area contributed by atoms with Gasteiger partial charge in [-0.25, -0.2) is 4.39 Å². The van der Waals surface area contributed by atoms with E-state index < -0.39 is 0 Å². The van der Waals surface area contributed by atoms with E-state index in [4.69, 9.17) is 4.74 Å². The number of hydrogen-bond acceptors (Lipinski definition) is 5. The van der Waals surface area contributed by atoms with Crippen LogP contribution < -0.4 is 4.74 Å². The van der Waals surface area contributed by atoms with E-state index in [1.807, 2.05) is 11.5 Å². The van der Waals surface area contributed by atoms with Crippen LogP contribution in [0.1, 0.15) is 36.2 Å². The van der Waals surface area contributed by atoms with Gasteiger partial charge in [0.05, 0.1) is 17.9 Å². The zero-order chi connectivity index (χ0) is 19.7. The standard InChI is InChI=1S/C21H20FN3O2S/c1-13(19(26)14-7-11-16(27-2)12-8-14)28-21-24-23-20(25(21)15-9-10-15)17-5-3-4-6-18(17)22/h3-8,11-13,15H,9-10H2,1-2H3/t13-/m0/s1. The van der Waals surface area contributed by atoms with Gasteiger partial charge in [0, 0.05) is 11.6 Å². The fourth-order valence-corrected chi connectivity index (χ4v) is 4.04. The predicted molar refractivity (Wildman–Crippen MR) is 106 cm³/mol. The third-order valence-corrected chi connectivity index (χ3v) is 5.77. The van der Waals surface area contributed by atoms with Gasteiger partial charge in [0.1, 0.15) is 11.6 Å². The van der Waals surface area contributed by atoms with Gasteiger partial charge in [-0.15, -0.1) is 10.2 Å². The Balaban J connectivity index is 1.59. The molecular formula is C21H20FN3O2S. The number of rotatable bonds is 7. The number of carbonyl (C=O) groups is 1. The zero-order valence-electron chi connectivity index (χ0n) is 15.6. The monoisotopic (exact) mass is 397 g/mol. The Morgan fingerprint density at radius 3 is 2.54 bits per heavy atom. The minimum Gasteiger partial charge on any atom is -0.497 e. The van der Waals surface area contributed by atoms with Gasteiger partial charge in [-0.1, -0.05) is 23.9 Å². The van der Waals surface area contributed by atoms with Gasteiger partial charge >= 0.3 is 0 Å². The van der Waals surface area contributed by atoms with Crippen molar-refractivity contribution in [3.05, 3.63) is 59.9 Å². The topological polar surface area (TPSA) is 57.0 Å². The van der Waals surface area contributed by atoms with E-state index in [2.05, 4.69) is 10.2 Å². The molecule has 28 heavy (non-hydrogen) atoms. The number of ketones is 1. The first kappa shape index (κ1) is 18.7. The second-order valence-corrected chi connectivity index (χ2v) is 8.05. The first-order chi connectivity index (χ1) is 13.6. The van der Waals surface area contributed by atoms with Gasteiger partial charge < -0.3 is 4.74 Å². The normalized spacial score (nSPS) is 14.7. The average Bonchev–Trinajstić information content (AvgIpc) is 3.48. The SMILES string of the molecule is COc1ccc(C(=O)[C@H](C)Sc2nnc(-c3ccccc3F)n2C2CC2)cc1. The number of Topliss-reactive ketones (excluding diaryl/α,β-unsaturated/α-hetero) is 1. The lowest BCUT2D eigenvalue weighted by Crippen LogP contribution is -2.14. The molecule has 5 nitrogen and oxygen atoms in total. The number of halogens is 1.